The third-order valence-electron chi connectivity index (χ3n) is 10.5. The van der Waals surface area contributed by atoms with E-state index in [2.05, 4.69) is 15.4 Å². The molecule has 0 spiro atoms. The maximum atomic E-state index is 14.4. The summed E-state index contributed by atoms with van der Waals surface area (Å²) in [7, 11) is -3.95. The van der Waals surface area contributed by atoms with E-state index in [9.17, 15) is 36.8 Å². The third kappa shape index (κ3) is 7.91. The number of benzene rings is 1. The van der Waals surface area contributed by atoms with Crippen molar-refractivity contribution in [2.24, 2.45) is 5.41 Å². The van der Waals surface area contributed by atoms with E-state index in [-0.39, 0.29) is 38.9 Å². The highest BCUT2D eigenvalue weighted by atomic mass is 32.2. The summed E-state index contributed by atoms with van der Waals surface area (Å²) < 4.78 is 53.6. The molecule has 0 radical (unpaired) electrons. The van der Waals surface area contributed by atoms with E-state index in [4.69, 9.17) is 9.47 Å². The fraction of sp³-hybridized carbons (Fsp3) is 0.639. The van der Waals surface area contributed by atoms with Crippen molar-refractivity contribution in [3.05, 3.63) is 47.3 Å². The Balaban J connectivity index is 1.27. The molecule has 1 aromatic carbocycles. The van der Waals surface area contributed by atoms with E-state index >= 15 is 0 Å². The van der Waals surface area contributed by atoms with Crippen LogP contribution in [0, 0.1) is 11.2 Å². The fourth-order valence-electron chi connectivity index (χ4n) is 7.40. The number of fused-ring (bicyclic) bond motifs is 3. The minimum absolute atomic E-state index is 0.00447. The Morgan fingerprint density at radius 2 is 1.81 bits per heavy atom. The average molecular weight is 746 g/mol. The van der Waals surface area contributed by atoms with Crippen LogP contribution in [0.4, 0.5) is 14.0 Å². The van der Waals surface area contributed by atoms with Gasteiger partial charge in [-0.05, 0) is 70.9 Å². The van der Waals surface area contributed by atoms with Gasteiger partial charge in [-0.1, -0.05) is 44.1 Å². The van der Waals surface area contributed by atoms with Crippen molar-refractivity contribution in [2.75, 3.05) is 6.54 Å². The van der Waals surface area contributed by atoms with Crippen LogP contribution in [-0.2, 0) is 47.0 Å². The summed E-state index contributed by atoms with van der Waals surface area (Å²) >= 11 is 0. The number of halogens is 1. The van der Waals surface area contributed by atoms with Gasteiger partial charge in [-0.15, -0.1) is 0 Å². The number of rotatable bonds is 5. The highest BCUT2D eigenvalue weighted by molar-refractivity contribution is 7.91. The summed E-state index contributed by atoms with van der Waals surface area (Å²) in [6, 6.07) is 2.28. The second-order valence-corrected chi connectivity index (χ2v) is 17.8. The lowest BCUT2D eigenvalue weighted by molar-refractivity contribution is -0.141. The van der Waals surface area contributed by atoms with Crippen LogP contribution in [0.3, 0.4) is 0 Å². The number of amides is 5. The number of nitrogens with one attached hydrogen (secondary N) is 3. The molecule has 5 amide bonds. The fourth-order valence-corrected chi connectivity index (χ4v) is 8.76. The second kappa shape index (κ2) is 14.0. The summed E-state index contributed by atoms with van der Waals surface area (Å²) in [5, 5.41) is 4.82. The molecule has 5 atom stereocenters. The first-order valence-corrected chi connectivity index (χ1v) is 19.5. The molecule has 1 unspecified atom stereocenters. The molecule has 5 aliphatic rings. The molecule has 3 aliphatic heterocycles. The van der Waals surface area contributed by atoms with Gasteiger partial charge in [-0.2, -0.15) is 0 Å². The summed E-state index contributed by atoms with van der Waals surface area (Å²) in [4.78, 5) is 71.3. The molecular weight excluding hydrogens is 697 g/mol. The molecular formula is C36H48FN5O9S. The van der Waals surface area contributed by atoms with E-state index in [1.165, 1.54) is 15.9 Å². The number of hydrogen-bond donors (Lipinski definition) is 3. The molecule has 1 saturated heterocycles. The number of carbonyl (C=O) groups is 5. The zero-order valence-corrected chi connectivity index (χ0v) is 30.9. The standard InChI is InChI=1S/C36H48FN5O9S/c1-34(2,3)51-32(46)38-27-13-8-6-5-7-9-16-35(4)21-36(35,31(45)40-52(48,49)24-14-15-24)39-29(43)28-17-23(19-42(28)30(27)44)50-33(47)41-18-22-11-10-12-26(37)25(22)20-41/h9-12,16,23-24,27-28H,5-8,13-15,17-21H2,1-4H3,(H,38,46)(H,39,43)(H,40,45)/b16-9-/t23-,27+,28+,35?,36+/m1/s1. The summed E-state index contributed by atoms with van der Waals surface area (Å²) in [6.45, 7) is 6.77. The lowest BCUT2D eigenvalue weighted by Crippen LogP contribution is -2.59. The van der Waals surface area contributed by atoms with Gasteiger partial charge < -0.3 is 25.0 Å². The maximum absolute atomic E-state index is 14.4. The Kier molecular flexibility index (Phi) is 10.1. The van der Waals surface area contributed by atoms with Crippen molar-refractivity contribution >= 4 is 39.9 Å². The largest absolute Gasteiger partial charge is 0.444 e. The zero-order chi connectivity index (χ0) is 37.6. The molecule has 0 aromatic heterocycles. The van der Waals surface area contributed by atoms with Crippen LogP contribution in [0.1, 0.15) is 96.6 Å². The normalized spacial score (nSPS) is 30.1. The van der Waals surface area contributed by atoms with E-state index < -0.39 is 85.7 Å². The Morgan fingerprint density at radius 1 is 1.06 bits per heavy atom. The van der Waals surface area contributed by atoms with Gasteiger partial charge in [-0.3, -0.25) is 24.0 Å². The first kappa shape index (κ1) is 37.5. The van der Waals surface area contributed by atoms with Crippen LogP contribution >= 0.6 is 0 Å². The van der Waals surface area contributed by atoms with Gasteiger partial charge in [0.2, 0.25) is 21.8 Å². The van der Waals surface area contributed by atoms with Crippen LogP contribution in [0.15, 0.2) is 30.4 Å². The van der Waals surface area contributed by atoms with Crippen molar-refractivity contribution in [1.29, 1.82) is 0 Å². The number of hydrogen-bond acceptors (Lipinski definition) is 9. The molecule has 6 rings (SSSR count). The lowest BCUT2D eigenvalue weighted by Gasteiger charge is -2.31. The topological polar surface area (TPSA) is 181 Å². The first-order chi connectivity index (χ1) is 24.4. The molecule has 3 fully saturated rings. The minimum Gasteiger partial charge on any atom is -0.444 e. The van der Waals surface area contributed by atoms with E-state index in [1.807, 2.05) is 12.2 Å². The Hall–Kier alpha value is -4.21. The Morgan fingerprint density at radius 3 is 2.50 bits per heavy atom. The number of carbonyl (C=O) groups excluding carboxylic acids is 5. The molecule has 16 heteroatoms. The van der Waals surface area contributed by atoms with Crippen molar-refractivity contribution in [2.45, 2.75) is 133 Å². The quantitative estimate of drug-likeness (QED) is 0.380. The van der Waals surface area contributed by atoms with Crippen LogP contribution in [0.5, 0.6) is 0 Å². The predicted octanol–water partition coefficient (Wildman–Crippen LogP) is 3.53. The number of nitrogens with zero attached hydrogens (tertiary/aromatic N) is 2. The van der Waals surface area contributed by atoms with Crippen molar-refractivity contribution in [3.8, 4) is 0 Å². The first-order valence-electron chi connectivity index (χ1n) is 18.0. The second-order valence-electron chi connectivity index (χ2n) is 15.9. The Labute approximate surface area is 303 Å². The lowest BCUT2D eigenvalue weighted by atomic mass is 9.99. The van der Waals surface area contributed by atoms with Gasteiger partial charge in [0.25, 0.3) is 5.91 Å². The molecule has 284 valence electrons. The van der Waals surface area contributed by atoms with E-state index in [0.717, 1.165) is 6.42 Å². The SMILES string of the molecule is CC(C)(C)OC(=O)N[C@H]1CCCCC/C=C\C2(C)C[C@@]2(C(=O)NS(=O)(=O)C2CC2)NC(=O)[C@@H]2C[C@@H](OC(=O)N3Cc4cccc(F)c4C3)CN2C1=O. The highest BCUT2D eigenvalue weighted by Crippen LogP contribution is 2.58. The smallest absolute Gasteiger partial charge is 0.410 e. The van der Waals surface area contributed by atoms with Gasteiger partial charge >= 0.3 is 12.2 Å². The summed E-state index contributed by atoms with van der Waals surface area (Å²) in [5.41, 5.74) is -2.34. The molecule has 2 aliphatic carbocycles. The van der Waals surface area contributed by atoms with Gasteiger partial charge in [0.1, 0.15) is 35.1 Å². The molecule has 0 bridgehead atoms. The molecule has 3 N–H and O–H groups in total. The maximum Gasteiger partial charge on any atom is 0.410 e. The van der Waals surface area contributed by atoms with Crippen molar-refractivity contribution < 1.29 is 46.3 Å². The average Bonchev–Trinajstić information content (AvgIpc) is 3.89. The summed E-state index contributed by atoms with van der Waals surface area (Å²) in [5.74, 6) is -2.62. The van der Waals surface area contributed by atoms with Gasteiger partial charge in [0.15, 0.2) is 0 Å². The van der Waals surface area contributed by atoms with Crippen molar-refractivity contribution in [3.63, 3.8) is 0 Å². The van der Waals surface area contributed by atoms with Gasteiger partial charge in [-0.25, -0.2) is 22.4 Å². The van der Waals surface area contributed by atoms with Crippen molar-refractivity contribution in [1.82, 2.24) is 25.2 Å². The molecule has 1 aromatic rings. The molecule has 14 nitrogen and oxygen atoms in total. The van der Waals surface area contributed by atoms with Crippen LogP contribution in [0.2, 0.25) is 0 Å². The predicted molar refractivity (Wildman–Crippen MR) is 185 cm³/mol. The minimum atomic E-state index is -3.95. The monoisotopic (exact) mass is 745 g/mol. The molecule has 52 heavy (non-hydrogen) atoms. The van der Waals surface area contributed by atoms with Crippen LogP contribution in [-0.4, -0.2) is 89.2 Å². The van der Waals surface area contributed by atoms with E-state index in [1.54, 1.807) is 39.8 Å². The van der Waals surface area contributed by atoms with Crippen LogP contribution < -0.4 is 15.4 Å². The van der Waals surface area contributed by atoms with Gasteiger partial charge in [0, 0.05) is 23.9 Å². The zero-order valence-electron chi connectivity index (χ0n) is 30.0. The molecule has 2 saturated carbocycles. The van der Waals surface area contributed by atoms with Crippen LogP contribution in [0.25, 0.3) is 0 Å². The Bertz CT molecular complexity index is 1780. The van der Waals surface area contributed by atoms with E-state index in [0.29, 0.717) is 43.2 Å². The number of ether oxygens (including phenoxy) is 2. The molecule has 3 heterocycles. The highest BCUT2D eigenvalue weighted by Gasteiger charge is 2.70. The third-order valence-corrected chi connectivity index (χ3v) is 12.4. The number of sulfonamides is 1. The number of allylic oxidation sites excluding steroid dienone is 1. The number of alkyl carbamates (subject to hydrolysis) is 1. The van der Waals surface area contributed by atoms with Gasteiger partial charge in [0.05, 0.1) is 18.3 Å². The summed E-state index contributed by atoms with van der Waals surface area (Å²) in [6.07, 6.45) is 5.02.